The average Bonchev–Trinajstić information content (AvgIpc) is 2.48. The topological polar surface area (TPSA) is 58.6 Å². The van der Waals surface area contributed by atoms with Gasteiger partial charge in [-0.1, -0.05) is 54.4 Å². The molecule has 0 radical (unpaired) electrons. The molecular weight excluding hydrogens is 318 g/mol. The van der Waals surface area contributed by atoms with Gasteiger partial charge in [-0.25, -0.2) is 0 Å². The highest BCUT2D eigenvalue weighted by molar-refractivity contribution is 6.77. The molecule has 1 heterocycles. The molecule has 1 saturated carbocycles. The zero-order chi connectivity index (χ0) is 18.1. The lowest BCUT2D eigenvalue weighted by Crippen LogP contribution is -2.65. The van der Waals surface area contributed by atoms with Crippen LogP contribution in [0.15, 0.2) is 0 Å². The van der Waals surface area contributed by atoms with Crippen LogP contribution in [-0.4, -0.2) is 37.1 Å². The van der Waals surface area contributed by atoms with Crippen molar-refractivity contribution >= 4 is 14.2 Å². The summed E-state index contributed by atoms with van der Waals surface area (Å²) in [7, 11) is -2.06. The molecule has 3 atom stereocenters. The van der Waals surface area contributed by atoms with E-state index in [0.717, 1.165) is 38.5 Å². The summed E-state index contributed by atoms with van der Waals surface area (Å²) in [4.78, 5) is 12.8. The molecule has 140 valence electrons. The molecule has 0 bridgehead atoms. The Labute approximate surface area is 148 Å². The van der Waals surface area contributed by atoms with Crippen molar-refractivity contribution in [1.82, 2.24) is 5.32 Å². The van der Waals surface area contributed by atoms with Crippen LogP contribution in [0.3, 0.4) is 0 Å². The molecule has 1 spiro atoms. The van der Waals surface area contributed by atoms with Crippen LogP contribution in [0, 0.1) is 0 Å². The zero-order valence-corrected chi connectivity index (χ0v) is 17.4. The number of aliphatic hydroxyl groups is 1. The molecule has 0 unspecified atom stereocenters. The average molecular weight is 356 g/mol. The van der Waals surface area contributed by atoms with Gasteiger partial charge in [0.1, 0.15) is 6.10 Å². The summed E-state index contributed by atoms with van der Waals surface area (Å²) in [6.07, 6.45) is 4.67. The molecule has 1 saturated heterocycles. The van der Waals surface area contributed by atoms with Gasteiger partial charge < -0.3 is 14.8 Å². The Morgan fingerprint density at radius 2 is 1.62 bits per heavy atom. The van der Waals surface area contributed by atoms with Crippen LogP contribution in [0.2, 0.25) is 16.6 Å². The molecule has 1 aliphatic heterocycles. The third-order valence-corrected chi connectivity index (χ3v) is 12.7. The minimum Gasteiger partial charge on any atom is -0.404 e. The fourth-order valence-electron chi connectivity index (χ4n) is 5.33. The maximum absolute atomic E-state index is 12.8. The van der Waals surface area contributed by atoms with Gasteiger partial charge in [0.2, 0.25) is 14.2 Å². The maximum atomic E-state index is 12.8. The lowest BCUT2D eigenvalue weighted by atomic mass is 9.73. The van der Waals surface area contributed by atoms with Crippen LogP contribution in [0.1, 0.15) is 80.1 Å². The van der Waals surface area contributed by atoms with Gasteiger partial charge in [-0.05, 0) is 42.3 Å². The second kappa shape index (κ2) is 7.46. The monoisotopic (exact) mass is 355 g/mol. The standard InChI is InChI=1S/C19H37NO3Si/c1-13(2)24(14(3)4,15(5)6)23-16-10-12-19(20-18(16)22)11-8-7-9-17(19)21/h13-17,21H,7-12H2,1-6H3,(H,20,22)/t16-,17-,19+/m1/s1. The molecule has 1 aliphatic carbocycles. The van der Waals surface area contributed by atoms with Crippen molar-refractivity contribution in [3.63, 3.8) is 0 Å². The lowest BCUT2D eigenvalue weighted by Gasteiger charge is -2.49. The first-order valence-electron chi connectivity index (χ1n) is 9.83. The summed E-state index contributed by atoms with van der Waals surface area (Å²) >= 11 is 0. The summed E-state index contributed by atoms with van der Waals surface area (Å²) in [5, 5.41) is 13.6. The smallest absolute Gasteiger partial charge is 0.248 e. The zero-order valence-electron chi connectivity index (χ0n) is 16.4. The van der Waals surface area contributed by atoms with Gasteiger partial charge in [0.15, 0.2) is 0 Å². The van der Waals surface area contributed by atoms with E-state index in [1.54, 1.807) is 0 Å². The van der Waals surface area contributed by atoms with Crippen LogP contribution in [0.25, 0.3) is 0 Å². The van der Waals surface area contributed by atoms with Crippen molar-refractivity contribution in [2.45, 2.75) is 114 Å². The number of hydrogen-bond donors (Lipinski definition) is 2. The van der Waals surface area contributed by atoms with Crippen molar-refractivity contribution in [2.24, 2.45) is 0 Å². The van der Waals surface area contributed by atoms with E-state index >= 15 is 0 Å². The van der Waals surface area contributed by atoms with Crippen LogP contribution in [-0.2, 0) is 9.22 Å². The highest BCUT2D eigenvalue weighted by Gasteiger charge is 2.51. The quantitative estimate of drug-likeness (QED) is 0.729. The van der Waals surface area contributed by atoms with Crippen LogP contribution in [0.5, 0.6) is 0 Å². The first-order chi connectivity index (χ1) is 11.2. The van der Waals surface area contributed by atoms with E-state index in [1.165, 1.54) is 0 Å². The Balaban J connectivity index is 2.15. The Bertz CT molecular complexity index is 430. The van der Waals surface area contributed by atoms with Crippen molar-refractivity contribution in [3.8, 4) is 0 Å². The molecule has 2 fully saturated rings. The number of aliphatic hydroxyl groups excluding tert-OH is 1. The summed E-state index contributed by atoms with van der Waals surface area (Å²) in [5.74, 6) is 0.000949. The van der Waals surface area contributed by atoms with Crippen molar-refractivity contribution in [3.05, 3.63) is 0 Å². The van der Waals surface area contributed by atoms with E-state index in [1.807, 2.05) is 0 Å². The molecule has 2 rings (SSSR count). The third kappa shape index (κ3) is 3.45. The van der Waals surface area contributed by atoms with Gasteiger partial charge in [0, 0.05) is 0 Å². The van der Waals surface area contributed by atoms with E-state index < -0.39 is 20.0 Å². The fraction of sp³-hybridized carbons (Fsp3) is 0.947. The predicted molar refractivity (Wildman–Crippen MR) is 101 cm³/mol. The molecule has 24 heavy (non-hydrogen) atoms. The number of hydrogen-bond acceptors (Lipinski definition) is 3. The molecule has 1 amide bonds. The Morgan fingerprint density at radius 1 is 1.04 bits per heavy atom. The van der Waals surface area contributed by atoms with E-state index in [0.29, 0.717) is 16.6 Å². The molecular formula is C19H37NO3Si. The second-order valence-electron chi connectivity index (χ2n) is 8.87. The Kier molecular flexibility index (Phi) is 6.20. The highest BCUT2D eigenvalue weighted by Crippen LogP contribution is 2.44. The summed E-state index contributed by atoms with van der Waals surface area (Å²) in [6, 6.07) is 0. The number of amides is 1. The molecule has 0 aromatic heterocycles. The van der Waals surface area contributed by atoms with Crippen molar-refractivity contribution < 1.29 is 14.3 Å². The van der Waals surface area contributed by atoms with Gasteiger partial charge in [-0.15, -0.1) is 0 Å². The van der Waals surface area contributed by atoms with Crippen LogP contribution < -0.4 is 5.32 Å². The number of carbonyl (C=O) groups excluding carboxylic acids is 1. The van der Waals surface area contributed by atoms with Crippen molar-refractivity contribution in [2.75, 3.05) is 0 Å². The van der Waals surface area contributed by atoms with Crippen molar-refractivity contribution in [1.29, 1.82) is 0 Å². The van der Waals surface area contributed by atoms with Gasteiger partial charge >= 0.3 is 0 Å². The molecule has 4 nitrogen and oxygen atoms in total. The van der Waals surface area contributed by atoms with E-state index in [4.69, 9.17) is 4.43 Å². The SMILES string of the molecule is CC(C)[Si](O[C@@H]1CC[C@]2(CCCC[C@H]2O)NC1=O)(C(C)C)C(C)C. The fourth-order valence-corrected chi connectivity index (χ4v) is 10.9. The molecule has 5 heteroatoms. The molecule has 0 aromatic carbocycles. The summed E-state index contributed by atoms with van der Waals surface area (Å²) in [6.45, 7) is 13.5. The van der Waals surface area contributed by atoms with Gasteiger partial charge in [0.05, 0.1) is 11.6 Å². The normalized spacial score (nSPS) is 32.0. The molecule has 2 aliphatic rings. The van der Waals surface area contributed by atoms with Gasteiger partial charge in [-0.3, -0.25) is 4.79 Å². The highest BCUT2D eigenvalue weighted by atomic mass is 28.4. The number of carbonyl (C=O) groups is 1. The van der Waals surface area contributed by atoms with E-state index in [2.05, 4.69) is 46.9 Å². The predicted octanol–water partition coefficient (Wildman–Crippen LogP) is 4.13. The minimum atomic E-state index is -2.06. The summed E-state index contributed by atoms with van der Waals surface area (Å²) < 4.78 is 6.69. The first-order valence-corrected chi connectivity index (χ1v) is 12.0. The number of nitrogens with one attached hydrogen (secondary N) is 1. The van der Waals surface area contributed by atoms with E-state index in [-0.39, 0.29) is 12.0 Å². The van der Waals surface area contributed by atoms with Gasteiger partial charge in [0.25, 0.3) is 0 Å². The first kappa shape index (κ1) is 19.9. The van der Waals surface area contributed by atoms with Crippen LogP contribution in [0.4, 0.5) is 0 Å². The maximum Gasteiger partial charge on any atom is 0.248 e. The second-order valence-corrected chi connectivity index (χ2v) is 14.3. The lowest BCUT2D eigenvalue weighted by molar-refractivity contribution is -0.139. The van der Waals surface area contributed by atoms with E-state index in [9.17, 15) is 9.90 Å². The van der Waals surface area contributed by atoms with Crippen LogP contribution >= 0.6 is 0 Å². The molecule has 0 aromatic rings. The minimum absolute atomic E-state index is 0.000949. The number of rotatable bonds is 5. The Morgan fingerprint density at radius 3 is 2.08 bits per heavy atom. The third-order valence-electron chi connectivity index (χ3n) is 6.56. The van der Waals surface area contributed by atoms with Gasteiger partial charge in [-0.2, -0.15) is 0 Å². The summed E-state index contributed by atoms with van der Waals surface area (Å²) in [5.41, 5.74) is 1.02. The number of piperidine rings is 1. The molecule has 2 N–H and O–H groups in total. The largest absolute Gasteiger partial charge is 0.404 e. The Hall–Kier alpha value is -0.393.